The fraction of sp³-hybridized carbons (Fsp3) is 0.571. The second-order valence-electron chi connectivity index (χ2n) is 5.58. The minimum atomic E-state index is -0.540. The summed E-state index contributed by atoms with van der Waals surface area (Å²) in [5.41, 5.74) is 11.9. The highest BCUT2D eigenvalue weighted by molar-refractivity contribution is 5.69. The quantitative estimate of drug-likeness (QED) is 0.566. The van der Waals surface area contributed by atoms with Crippen LogP contribution in [0.5, 0.6) is 0 Å². The minimum Gasteiger partial charge on any atom is -0.397 e. The average molecular weight is 293 g/mol. The number of ether oxygens (including phenoxy) is 1. The molecule has 0 bridgehead atoms. The third-order valence-corrected chi connectivity index (χ3v) is 4.11. The Bertz CT molecular complexity index is 552. The predicted molar refractivity (Wildman–Crippen MR) is 81.7 cm³/mol. The number of aliphatic imine (C=N–C) groups is 1. The van der Waals surface area contributed by atoms with Crippen LogP contribution in [0.4, 0.5) is 5.82 Å². The van der Waals surface area contributed by atoms with Crippen LogP contribution in [0.15, 0.2) is 17.9 Å². The van der Waals surface area contributed by atoms with E-state index in [0.717, 1.165) is 0 Å². The first-order valence-corrected chi connectivity index (χ1v) is 6.97. The zero-order valence-electron chi connectivity index (χ0n) is 12.6. The van der Waals surface area contributed by atoms with E-state index in [1.54, 1.807) is 17.8 Å². The number of hydrogen-bond acceptors (Lipinski definition) is 5. The van der Waals surface area contributed by atoms with Crippen LogP contribution in [0, 0.1) is 11.8 Å². The first kappa shape index (κ1) is 15.5. The molecule has 5 atom stereocenters. The molecule has 1 aliphatic rings. The van der Waals surface area contributed by atoms with Gasteiger partial charge < -0.3 is 21.3 Å². The molecule has 1 fully saturated rings. The first-order valence-electron chi connectivity index (χ1n) is 6.97. The number of aliphatic hydroxyl groups is 1. The highest BCUT2D eigenvalue weighted by Crippen LogP contribution is 2.42. The van der Waals surface area contributed by atoms with Gasteiger partial charge in [0.15, 0.2) is 5.82 Å². The van der Waals surface area contributed by atoms with Gasteiger partial charge in [-0.25, -0.2) is 9.98 Å². The molecule has 0 saturated carbocycles. The largest absolute Gasteiger partial charge is 0.397 e. The third-order valence-electron chi connectivity index (χ3n) is 4.11. The van der Waals surface area contributed by atoms with Crippen molar-refractivity contribution in [1.29, 1.82) is 0 Å². The van der Waals surface area contributed by atoms with Crippen molar-refractivity contribution in [3.63, 3.8) is 0 Å². The Balaban J connectivity index is 2.41. The van der Waals surface area contributed by atoms with Crippen LogP contribution in [0.1, 0.15) is 32.7 Å². The van der Waals surface area contributed by atoms with Gasteiger partial charge >= 0.3 is 0 Å². The van der Waals surface area contributed by atoms with E-state index in [2.05, 4.69) is 30.4 Å². The van der Waals surface area contributed by atoms with Gasteiger partial charge in [-0.2, -0.15) is 0 Å². The van der Waals surface area contributed by atoms with Crippen LogP contribution in [0.2, 0.25) is 0 Å². The van der Waals surface area contributed by atoms with Crippen molar-refractivity contribution in [3.8, 4) is 0 Å². The molecule has 1 saturated heterocycles. The maximum Gasteiger partial charge on any atom is 0.165 e. The number of nitrogens with zero attached hydrogens (tertiary/aromatic N) is 3. The number of imidazole rings is 1. The number of rotatable bonds is 4. The Labute approximate surface area is 124 Å². The van der Waals surface area contributed by atoms with Gasteiger partial charge in [0, 0.05) is 5.92 Å². The molecule has 2 heterocycles. The normalized spacial score (nSPS) is 30.9. The van der Waals surface area contributed by atoms with Crippen molar-refractivity contribution in [2.45, 2.75) is 39.2 Å². The highest BCUT2D eigenvalue weighted by atomic mass is 16.5. The van der Waals surface area contributed by atoms with Crippen molar-refractivity contribution < 1.29 is 9.84 Å². The molecule has 0 amide bonds. The summed E-state index contributed by atoms with van der Waals surface area (Å²) in [5.74, 6) is 0.904. The molecule has 7 heteroatoms. The molecule has 0 aromatic carbocycles. The van der Waals surface area contributed by atoms with E-state index >= 15 is 0 Å². The van der Waals surface area contributed by atoms with Gasteiger partial charge in [0.2, 0.25) is 0 Å². The lowest BCUT2D eigenvalue weighted by molar-refractivity contribution is -0.0638. The Morgan fingerprint density at radius 2 is 2.24 bits per heavy atom. The number of nitrogens with two attached hydrogens (primary N) is 2. The standard InChI is InChI=1S/C14H23N5O2/c1-7-8(2)14(21-12(7)10(4)20)19-6-18-11(9(3)16)13(19)17-5-15/h5-8,10,12,14,20H,3,16H2,1-2,4H3,(H2,15,17)/t7-,8+,10-,12-,14+/m0/s1. The van der Waals surface area contributed by atoms with Crippen LogP contribution in [0.25, 0.3) is 5.70 Å². The molecule has 0 unspecified atom stereocenters. The summed E-state index contributed by atoms with van der Waals surface area (Å²) in [4.78, 5) is 8.37. The van der Waals surface area contributed by atoms with Crippen LogP contribution in [-0.2, 0) is 4.74 Å². The predicted octanol–water partition coefficient (Wildman–Crippen LogP) is 0.981. The summed E-state index contributed by atoms with van der Waals surface area (Å²) in [5, 5.41) is 9.84. The third kappa shape index (κ3) is 2.66. The summed E-state index contributed by atoms with van der Waals surface area (Å²) in [6.45, 7) is 9.56. The molecule has 5 N–H and O–H groups in total. The Kier molecular flexibility index (Phi) is 4.34. The number of aliphatic hydroxyl groups excluding tert-OH is 1. The van der Waals surface area contributed by atoms with E-state index in [4.69, 9.17) is 16.2 Å². The van der Waals surface area contributed by atoms with E-state index in [1.165, 1.54) is 6.34 Å². The molecule has 0 spiro atoms. The molecule has 1 aliphatic heterocycles. The summed E-state index contributed by atoms with van der Waals surface area (Å²) in [6, 6.07) is 0. The number of hydrogen-bond donors (Lipinski definition) is 3. The molecule has 2 rings (SSSR count). The molecule has 7 nitrogen and oxygen atoms in total. The molecule has 21 heavy (non-hydrogen) atoms. The maximum atomic E-state index is 9.84. The molecular weight excluding hydrogens is 270 g/mol. The van der Waals surface area contributed by atoms with Gasteiger partial charge in [0.05, 0.1) is 30.6 Å². The van der Waals surface area contributed by atoms with Gasteiger partial charge in [-0.3, -0.25) is 4.57 Å². The van der Waals surface area contributed by atoms with Gasteiger partial charge in [-0.05, 0) is 12.8 Å². The van der Waals surface area contributed by atoms with Gasteiger partial charge in [0.1, 0.15) is 11.9 Å². The summed E-state index contributed by atoms with van der Waals surface area (Å²) < 4.78 is 7.79. The molecule has 1 aromatic rings. The second kappa shape index (κ2) is 5.87. The lowest BCUT2D eigenvalue weighted by atomic mass is 9.90. The van der Waals surface area contributed by atoms with Crippen molar-refractivity contribution in [2.24, 2.45) is 28.3 Å². The first-order chi connectivity index (χ1) is 9.88. The van der Waals surface area contributed by atoms with E-state index in [9.17, 15) is 5.11 Å². The van der Waals surface area contributed by atoms with Gasteiger partial charge in [-0.1, -0.05) is 20.4 Å². The van der Waals surface area contributed by atoms with Gasteiger partial charge in [-0.15, -0.1) is 0 Å². The van der Waals surface area contributed by atoms with E-state index in [-0.39, 0.29) is 24.2 Å². The van der Waals surface area contributed by atoms with Crippen molar-refractivity contribution in [1.82, 2.24) is 9.55 Å². The van der Waals surface area contributed by atoms with Crippen molar-refractivity contribution in [2.75, 3.05) is 0 Å². The average Bonchev–Trinajstić information content (AvgIpc) is 2.94. The molecular formula is C14H23N5O2. The van der Waals surface area contributed by atoms with E-state index in [1.807, 2.05) is 0 Å². The SMILES string of the molecule is C=C(N)c1ncn([C@@H]2O[C@H]([C@H](C)O)[C@@H](C)[C@H]2C)c1/N=C\N. The van der Waals surface area contributed by atoms with Crippen LogP contribution >= 0.6 is 0 Å². The topological polar surface area (TPSA) is 112 Å². The fourth-order valence-electron chi connectivity index (χ4n) is 2.81. The van der Waals surface area contributed by atoms with Crippen molar-refractivity contribution in [3.05, 3.63) is 18.6 Å². The van der Waals surface area contributed by atoms with E-state index < -0.39 is 6.10 Å². The lowest BCUT2D eigenvalue weighted by Gasteiger charge is -2.19. The summed E-state index contributed by atoms with van der Waals surface area (Å²) >= 11 is 0. The minimum absolute atomic E-state index is 0.185. The summed E-state index contributed by atoms with van der Waals surface area (Å²) in [7, 11) is 0. The van der Waals surface area contributed by atoms with Crippen LogP contribution < -0.4 is 11.5 Å². The molecule has 1 aromatic heterocycles. The monoisotopic (exact) mass is 293 g/mol. The number of aromatic nitrogens is 2. The molecule has 116 valence electrons. The lowest BCUT2D eigenvalue weighted by Crippen LogP contribution is -2.28. The van der Waals surface area contributed by atoms with Crippen molar-refractivity contribution >= 4 is 17.9 Å². The highest BCUT2D eigenvalue weighted by Gasteiger charge is 2.43. The smallest absolute Gasteiger partial charge is 0.165 e. The zero-order valence-corrected chi connectivity index (χ0v) is 12.6. The van der Waals surface area contributed by atoms with Crippen LogP contribution in [-0.4, -0.2) is 33.2 Å². The zero-order chi connectivity index (χ0) is 15.7. The van der Waals surface area contributed by atoms with Gasteiger partial charge in [0.25, 0.3) is 0 Å². The Hall–Kier alpha value is -1.86. The second-order valence-corrected chi connectivity index (χ2v) is 5.58. The molecule has 0 aliphatic carbocycles. The van der Waals surface area contributed by atoms with E-state index in [0.29, 0.717) is 17.2 Å². The Morgan fingerprint density at radius 1 is 1.57 bits per heavy atom. The Morgan fingerprint density at radius 3 is 2.71 bits per heavy atom. The summed E-state index contributed by atoms with van der Waals surface area (Å²) in [6.07, 6.45) is 1.76. The van der Waals surface area contributed by atoms with Crippen LogP contribution in [0.3, 0.4) is 0 Å². The maximum absolute atomic E-state index is 9.84. The molecule has 0 radical (unpaired) electrons. The fourth-order valence-corrected chi connectivity index (χ4v) is 2.81.